The molecule has 1 rings (SSSR count). The highest BCUT2D eigenvalue weighted by molar-refractivity contribution is 7.36. The third kappa shape index (κ3) is 3.08. The molecule has 0 aromatic carbocycles. The SMILES string of the molecule is C=C(C)C(=O)O[Si]1(C)CCC(C)(C)O[Si]1(C)C. The van der Waals surface area contributed by atoms with Crippen molar-refractivity contribution in [1.29, 1.82) is 0 Å². The molecule has 1 aliphatic rings. The van der Waals surface area contributed by atoms with Crippen molar-refractivity contribution < 1.29 is 13.6 Å². The van der Waals surface area contributed by atoms with Crippen LogP contribution in [0.5, 0.6) is 0 Å². The van der Waals surface area contributed by atoms with Crippen LogP contribution in [0.15, 0.2) is 12.2 Å². The number of rotatable bonds is 2. The minimum atomic E-state index is -2.07. The number of carbonyl (C=O) groups is 1. The lowest BCUT2D eigenvalue weighted by Crippen LogP contribution is -2.67. The van der Waals surface area contributed by atoms with Gasteiger partial charge in [0.2, 0.25) is 7.83 Å². The van der Waals surface area contributed by atoms with Crippen molar-refractivity contribution in [2.24, 2.45) is 0 Å². The highest BCUT2D eigenvalue weighted by Gasteiger charge is 2.57. The molecule has 0 radical (unpaired) electrons. The Bertz CT molecular complexity index is 350. The standard InChI is InChI=1S/C12H24O3Si2/c1-10(2)11(13)14-17(7)9-8-12(3,4)15-16(17,5)6/h1,8-9H2,2-7H3. The van der Waals surface area contributed by atoms with Gasteiger partial charge < -0.3 is 8.85 Å². The molecular formula is C12H24O3Si2. The maximum atomic E-state index is 11.7. The maximum absolute atomic E-state index is 11.7. The molecule has 1 heterocycles. The fourth-order valence-electron chi connectivity index (χ4n) is 2.16. The van der Waals surface area contributed by atoms with Crippen molar-refractivity contribution in [3.8, 4) is 0 Å². The van der Waals surface area contributed by atoms with Crippen LogP contribution in [0.4, 0.5) is 0 Å². The smallest absolute Gasteiger partial charge is 0.319 e. The first-order valence-corrected chi connectivity index (χ1v) is 12.6. The van der Waals surface area contributed by atoms with E-state index in [9.17, 15) is 4.79 Å². The summed E-state index contributed by atoms with van der Waals surface area (Å²) in [5.41, 5.74) is 0.408. The number of hydrogen-bond donors (Lipinski definition) is 0. The first-order chi connectivity index (χ1) is 7.49. The van der Waals surface area contributed by atoms with Crippen molar-refractivity contribution in [2.45, 2.75) is 58.5 Å². The molecule has 1 atom stereocenters. The van der Waals surface area contributed by atoms with Gasteiger partial charge in [-0.2, -0.15) is 0 Å². The summed E-state index contributed by atoms with van der Waals surface area (Å²) in [5.74, 6) is -0.247. The van der Waals surface area contributed by atoms with Crippen LogP contribution in [0.1, 0.15) is 27.2 Å². The van der Waals surface area contributed by atoms with Gasteiger partial charge in [0.25, 0.3) is 7.83 Å². The molecule has 17 heavy (non-hydrogen) atoms. The quantitative estimate of drug-likeness (QED) is 0.572. The van der Waals surface area contributed by atoms with Gasteiger partial charge in [-0.05, 0) is 52.9 Å². The van der Waals surface area contributed by atoms with Gasteiger partial charge in [-0.1, -0.05) is 6.58 Å². The van der Waals surface area contributed by atoms with Crippen LogP contribution in [0, 0.1) is 0 Å². The molecule has 1 unspecified atom stereocenters. The summed E-state index contributed by atoms with van der Waals surface area (Å²) >= 11 is 0. The molecular weight excluding hydrogens is 248 g/mol. The monoisotopic (exact) mass is 272 g/mol. The van der Waals surface area contributed by atoms with Crippen molar-refractivity contribution in [2.75, 3.05) is 0 Å². The largest absolute Gasteiger partial charge is 0.516 e. The molecule has 1 saturated heterocycles. The lowest BCUT2D eigenvalue weighted by atomic mass is 10.1. The molecule has 0 aromatic heterocycles. The highest BCUT2D eigenvalue weighted by atomic mass is 29.3. The zero-order valence-electron chi connectivity index (χ0n) is 11.8. The van der Waals surface area contributed by atoms with E-state index < -0.39 is 15.7 Å². The molecule has 98 valence electrons. The predicted octanol–water partition coefficient (Wildman–Crippen LogP) is 3.16. The van der Waals surface area contributed by atoms with E-state index in [1.165, 1.54) is 0 Å². The van der Waals surface area contributed by atoms with Crippen LogP contribution in [0.2, 0.25) is 25.7 Å². The zero-order valence-corrected chi connectivity index (χ0v) is 13.8. The van der Waals surface area contributed by atoms with Gasteiger partial charge in [-0.25, -0.2) is 4.79 Å². The zero-order chi connectivity index (χ0) is 13.5. The third-order valence-electron chi connectivity index (χ3n) is 3.68. The van der Waals surface area contributed by atoms with Gasteiger partial charge in [-0.3, -0.25) is 0 Å². The Morgan fingerprint density at radius 1 is 1.35 bits per heavy atom. The van der Waals surface area contributed by atoms with E-state index in [-0.39, 0.29) is 11.6 Å². The van der Waals surface area contributed by atoms with Gasteiger partial charge in [-0.15, -0.1) is 0 Å². The third-order valence-corrected chi connectivity index (χ3v) is 18.1. The molecule has 0 amide bonds. The topological polar surface area (TPSA) is 35.5 Å². The molecule has 0 bridgehead atoms. The average Bonchev–Trinajstić information content (AvgIpc) is 2.11. The van der Waals surface area contributed by atoms with Crippen LogP contribution >= 0.6 is 0 Å². The summed E-state index contributed by atoms with van der Waals surface area (Å²) in [4.78, 5) is 11.7. The first kappa shape index (κ1) is 14.7. The van der Waals surface area contributed by atoms with E-state index in [1.54, 1.807) is 6.92 Å². The summed E-state index contributed by atoms with van der Waals surface area (Å²) in [6, 6.07) is 0.998. The van der Waals surface area contributed by atoms with E-state index in [2.05, 4.69) is 40.1 Å². The van der Waals surface area contributed by atoms with Crippen molar-refractivity contribution in [3.63, 3.8) is 0 Å². The summed E-state index contributed by atoms with van der Waals surface area (Å²) < 4.78 is 12.0. The van der Waals surface area contributed by atoms with Crippen molar-refractivity contribution >= 4 is 21.6 Å². The Hall–Kier alpha value is -0.396. The van der Waals surface area contributed by atoms with Crippen LogP contribution in [-0.4, -0.2) is 27.2 Å². The Labute approximate surface area is 106 Å². The maximum Gasteiger partial charge on any atom is 0.319 e. The second-order valence-electron chi connectivity index (χ2n) is 6.27. The van der Waals surface area contributed by atoms with Crippen LogP contribution in [0.3, 0.4) is 0 Å². The minimum absolute atomic E-state index is 0.0716. The molecule has 5 heteroatoms. The Kier molecular flexibility index (Phi) is 3.77. The lowest BCUT2D eigenvalue weighted by molar-refractivity contribution is -0.130. The second-order valence-corrected chi connectivity index (χ2v) is 19.4. The average molecular weight is 272 g/mol. The first-order valence-electron chi connectivity index (χ1n) is 6.08. The van der Waals surface area contributed by atoms with E-state index in [0.29, 0.717) is 5.57 Å². The molecule has 3 nitrogen and oxygen atoms in total. The van der Waals surface area contributed by atoms with Gasteiger partial charge in [0.05, 0.1) is 5.60 Å². The summed E-state index contributed by atoms with van der Waals surface area (Å²) in [7, 11) is -4.01. The van der Waals surface area contributed by atoms with Crippen LogP contribution < -0.4 is 0 Å². The van der Waals surface area contributed by atoms with Crippen LogP contribution in [0.25, 0.3) is 0 Å². The molecule has 0 aliphatic carbocycles. The molecule has 0 aromatic rings. The molecule has 0 spiro atoms. The summed E-state index contributed by atoms with van der Waals surface area (Å²) in [5, 5.41) is 0. The Morgan fingerprint density at radius 3 is 2.29 bits per heavy atom. The summed E-state index contributed by atoms with van der Waals surface area (Å²) in [6.07, 6.45) is 0.968. The molecule has 0 N–H and O–H groups in total. The van der Waals surface area contributed by atoms with Crippen molar-refractivity contribution in [3.05, 3.63) is 12.2 Å². The second kappa shape index (κ2) is 4.37. The Morgan fingerprint density at radius 2 is 1.88 bits per heavy atom. The minimum Gasteiger partial charge on any atom is -0.516 e. The van der Waals surface area contributed by atoms with Gasteiger partial charge in [0, 0.05) is 5.57 Å². The normalized spacial score (nSPS) is 30.7. The van der Waals surface area contributed by atoms with E-state index in [1.807, 2.05) is 0 Å². The van der Waals surface area contributed by atoms with Crippen molar-refractivity contribution in [1.82, 2.24) is 0 Å². The summed E-state index contributed by atoms with van der Waals surface area (Å²) in [6.45, 7) is 16.1. The Balaban J connectivity index is 2.89. The fraction of sp³-hybridized carbons (Fsp3) is 0.750. The highest BCUT2D eigenvalue weighted by Crippen LogP contribution is 2.39. The van der Waals surface area contributed by atoms with Crippen LogP contribution in [-0.2, 0) is 13.6 Å². The van der Waals surface area contributed by atoms with Gasteiger partial charge in [0.1, 0.15) is 0 Å². The lowest BCUT2D eigenvalue weighted by Gasteiger charge is -2.49. The van der Waals surface area contributed by atoms with Gasteiger partial charge >= 0.3 is 5.97 Å². The molecule has 0 saturated carbocycles. The van der Waals surface area contributed by atoms with E-state index in [0.717, 1.165) is 12.5 Å². The van der Waals surface area contributed by atoms with E-state index in [4.69, 9.17) is 8.85 Å². The van der Waals surface area contributed by atoms with E-state index >= 15 is 0 Å². The van der Waals surface area contributed by atoms with Gasteiger partial charge in [0.15, 0.2) is 0 Å². The molecule has 1 fully saturated rings. The number of hydrogen-bond acceptors (Lipinski definition) is 3. The molecule has 1 aliphatic heterocycles. The predicted molar refractivity (Wildman–Crippen MR) is 74.6 cm³/mol. The number of carbonyl (C=O) groups excluding carboxylic acids is 1. The fourth-order valence-corrected chi connectivity index (χ4v) is 11.1.